The number of carbonyl (C=O) groups excluding carboxylic acids is 1. The Morgan fingerprint density at radius 2 is 1.97 bits per heavy atom. The highest BCUT2D eigenvalue weighted by atomic mass is 35.5. The summed E-state index contributed by atoms with van der Waals surface area (Å²) in [6.45, 7) is 0.468. The number of urea groups is 1. The Morgan fingerprint density at radius 1 is 1.16 bits per heavy atom. The first-order chi connectivity index (χ1) is 15.4. The predicted octanol–water partition coefficient (Wildman–Crippen LogP) is 3.82. The molecule has 0 saturated carbocycles. The van der Waals surface area contributed by atoms with Crippen molar-refractivity contribution in [2.75, 3.05) is 18.4 Å². The van der Waals surface area contributed by atoms with E-state index in [1.165, 1.54) is 0 Å². The lowest BCUT2D eigenvalue weighted by atomic mass is 10.1. The van der Waals surface area contributed by atoms with Gasteiger partial charge in [0, 0.05) is 29.7 Å². The van der Waals surface area contributed by atoms with Gasteiger partial charge in [0.1, 0.15) is 11.6 Å². The van der Waals surface area contributed by atoms with E-state index in [0.29, 0.717) is 33.6 Å². The Balaban J connectivity index is 1.75. The SMILES string of the molecule is NC(=O)NCCNc1nc(Oc2ccc(F)cc2F)nc2n[nH]c(-c3ccccc3Cl)c12. The molecule has 0 atom stereocenters. The number of nitrogens with one attached hydrogen (secondary N) is 3. The van der Waals surface area contributed by atoms with Gasteiger partial charge >= 0.3 is 12.0 Å². The highest BCUT2D eigenvalue weighted by molar-refractivity contribution is 6.33. The molecule has 4 rings (SSSR count). The van der Waals surface area contributed by atoms with E-state index < -0.39 is 17.7 Å². The number of H-pyrrole nitrogens is 1. The summed E-state index contributed by atoms with van der Waals surface area (Å²) in [5.41, 5.74) is 6.52. The third-order valence-electron chi connectivity index (χ3n) is 4.35. The highest BCUT2D eigenvalue weighted by Gasteiger charge is 2.19. The second kappa shape index (κ2) is 9.02. The van der Waals surface area contributed by atoms with Crippen LogP contribution in [-0.2, 0) is 0 Å². The molecule has 0 aliphatic rings. The fourth-order valence-corrected chi connectivity index (χ4v) is 3.19. The van der Waals surface area contributed by atoms with Gasteiger partial charge in [-0.25, -0.2) is 13.6 Å². The molecule has 0 aliphatic heterocycles. The van der Waals surface area contributed by atoms with Gasteiger partial charge in [0.05, 0.1) is 11.1 Å². The summed E-state index contributed by atoms with van der Waals surface area (Å²) in [7, 11) is 0. The third-order valence-corrected chi connectivity index (χ3v) is 4.68. The van der Waals surface area contributed by atoms with Crippen LogP contribution in [0.25, 0.3) is 22.3 Å². The fraction of sp³-hybridized carbons (Fsp3) is 0.100. The summed E-state index contributed by atoms with van der Waals surface area (Å²) < 4.78 is 32.6. The van der Waals surface area contributed by atoms with Gasteiger partial charge in [-0.05, 0) is 18.2 Å². The Hall–Kier alpha value is -3.99. The zero-order valence-electron chi connectivity index (χ0n) is 16.3. The predicted molar refractivity (Wildman–Crippen MR) is 115 cm³/mol. The number of amides is 2. The maximum atomic E-state index is 14.0. The summed E-state index contributed by atoms with van der Waals surface area (Å²) in [5, 5.41) is 13.6. The Labute approximate surface area is 185 Å². The first-order valence-electron chi connectivity index (χ1n) is 9.33. The van der Waals surface area contributed by atoms with Gasteiger partial charge in [-0.3, -0.25) is 5.10 Å². The Bertz CT molecular complexity index is 1300. The van der Waals surface area contributed by atoms with Crippen molar-refractivity contribution < 1.29 is 18.3 Å². The molecule has 2 aromatic carbocycles. The topological polar surface area (TPSA) is 131 Å². The molecule has 164 valence electrons. The van der Waals surface area contributed by atoms with Crippen molar-refractivity contribution in [2.45, 2.75) is 0 Å². The molecule has 9 nitrogen and oxygen atoms in total. The maximum Gasteiger partial charge on any atom is 0.326 e. The Morgan fingerprint density at radius 3 is 2.72 bits per heavy atom. The van der Waals surface area contributed by atoms with Gasteiger partial charge in [0.2, 0.25) is 0 Å². The molecule has 0 aliphatic carbocycles. The normalized spacial score (nSPS) is 10.8. The quantitative estimate of drug-likeness (QED) is 0.311. The van der Waals surface area contributed by atoms with Crippen molar-refractivity contribution in [3.63, 3.8) is 0 Å². The average molecular weight is 460 g/mol. The van der Waals surface area contributed by atoms with Gasteiger partial charge < -0.3 is 21.1 Å². The molecule has 32 heavy (non-hydrogen) atoms. The number of primary amides is 1. The zero-order chi connectivity index (χ0) is 22.7. The summed E-state index contributed by atoms with van der Waals surface area (Å²) >= 11 is 6.33. The summed E-state index contributed by atoms with van der Waals surface area (Å²) in [6, 6.07) is 9.10. The second-order valence-corrected chi connectivity index (χ2v) is 6.93. The van der Waals surface area contributed by atoms with Crippen molar-refractivity contribution in [3.05, 3.63) is 59.1 Å². The number of hydrogen-bond acceptors (Lipinski definition) is 6. The lowest BCUT2D eigenvalue weighted by molar-refractivity contribution is 0.249. The van der Waals surface area contributed by atoms with E-state index in [9.17, 15) is 13.6 Å². The average Bonchev–Trinajstić information content (AvgIpc) is 3.17. The van der Waals surface area contributed by atoms with Crippen LogP contribution in [0.1, 0.15) is 0 Å². The molecule has 4 aromatic rings. The van der Waals surface area contributed by atoms with E-state index in [1.54, 1.807) is 18.2 Å². The molecule has 0 unspecified atom stereocenters. The first kappa shape index (κ1) is 21.2. The number of benzene rings is 2. The number of fused-ring (bicyclic) bond motifs is 1. The maximum absolute atomic E-state index is 14.0. The zero-order valence-corrected chi connectivity index (χ0v) is 17.1. The van der Waals surface area contributed by atoms with Crippen LogP contribution < -0.4 is 21.1 Å². The van der Waals surface area contributed by atoms with Crippen molar-refractivity contribution >= 4 is 34.5 Å². The van der Waals surface area contributed by atoms with Crippen LogP contribution >= 0.6 is 11.6 Å². The molecule has 0 spiro atoms. The number of ether oxygens (including phenoxy) is 1. The highest BCUT2D eigenvalue weighted by Crippen LogP contribution is 2.35. The number of nitrogens with two attached hydrogens (primary N) is 1. The molecule has 2 amide bonds. The van der Waals surface area contributed by atoms with Crippen molar-refractivity contribution in [3.8, 4) is 23.0 Å². The molecular weight excluding hydrogens is 444 g/mol. The fourth-order valence-electron chi connectivity index (χ4n) is 2.96. The summed E-state index contributed by atoms with van der Waals surface area (Å²) in [4.78, 5) is 19.4. The van der Waals surface area contributed by atoms with Crippen LogP contribution in [0.5, 0.6) is 11.8 Å². The van der Waals surface area contributed by atoms with Crippen LogP contribution in [0.15, 0.2) is 42.5 Å². The standard InChI is InChI=1S/C20H16ClF2N7O2/c21-12-4-2-1-3-11(12)16-15-17(25-7-8-26-19(24)31)27-20(28-18(15)30-29-16)32-14-6-5-10(22)9-13(14)23/h1-6,9H,7-8H2,(H3,24,26,31)(H2,25,27,28,29,30). The van der Waals surface area contributed by atoms with Crippen LogP contribution in [-0.4, -0.2) is 39.3 Å². The van der Waals surface area contributed by atoms with E-state index in [-0.39, 0.29) is 30.5 Å². The lowest BCUT2D eigenvalue weighted by Gasteiger charge is -2.11. The molecule has 0 fully saturated rings. The number of aromatic nitrogens is 4. The van der Waals surface area contributed by atoms with Gasteiger partial charge in [-0.1, -0.05) is 29.8 Å². The van der Waals surface area contributed by atoms with Crippen molar-refractivity contribution in [1.29, 1.82) is 0 Å². The largest absolute Gasteiger partial charge is 0.421 e. The van der Waals surface area contributed by atoms with Crippen molar-refractivity contribution in [2.24, 2.45) is 5.73 Å². The number of halogens is 3. The van der Waals surface area contributed by atoms with Crippen LogP contribution in [0.4, 0.5) is 19.4 Å². The summed E-state index contributed by atoms with van der Waals surface area (Å²) in [5.74, 6) is -1.61. The van der Waals surface area contributed by atoms with E-state index >= 15 is 0 Å². The minimum absolute atomic E-state index is 0.211. The number of carbonyl (C=O) groups is 1. The molecule has 0 radical (unpaired) electrons. The van der Waals surface area contributed by atoms with Crippen LogP contribution in [0.2, 0.25) is 5.02 Å². The molecule has 2 aromatic heterocycles. The van der Waals surface area contributed by atoms with Gasteiger partial charge in [0.15, 0.2) is 17.2 Å². The molecule has 5 N–H and O–H groups in total. The second-order valence-electron chi connectivity index (χ2n) is 6.53. The molecular formula is C20H16ClF2N7O2. The van der Waals surface area contributed by atoms with Gasteiger partial charge in [0.25, 0.3) is 0 Å². The minimum atomic E-state index is -0.910. The van der Waals surface area contributed by atoms with E-state index in [1.807, 2.05) is 6.07 Å². The van der Waals surface area contributed by atoms with Gasteiger partial charge in [-0.2, -0.15) is 15.1 Å². The van der Waals surface area contributed by atoms with Crippen molar-refractivity contribution in [1.82, 2.24) is 25.5 Å². The summed E-state index contributed by atoms with van der Waals surface area (Å²) in [6.07, 6.45) is 0. The number of anilines is 1. The Kier molecular flexibility index (Phi) is 5.99. The van der Waals surface area contributed by atoms with Crippen LogP contribution in [0.3, 0.4) is 0 Å². The van der Waals surface area contributed by atoms with Gasteiger partial charge in [-0.15, -0.1) is 0 Å². The number of hydrogen-bond donors (Lipinski definition) is 4. The van der Waals surface area contributed by atoms with E-state index in [4.69, 9.17) is 22.1 Å². The smallest absolute Gasteiger partial charge is 0.326 e. The molecule has 0 bridgehead atoms. The molecule has 12 heteroatoms. The number of rotatable bonds is 7. The first-order valence-corrected chi connectivity index (χ1v) is 9.71. The third kappa shape index (κ3) is 4.52. The van der Waals surface area contributed by atoms with Crippen LogP contribution in [0, 0.1) is 11.6 Å². The molecule has 0 saturated heterocycles. The minimum Gasteiger partial charge on any atom is -0.421 e. The monoisotopic (exact) mass is 459 g/mol. The van der Waals surface area contributed by atoms with E-state index in [0.717, 1.165) is 12.1 Å². The number of aromatic amines is 1. The molecule has 2 heterocycles. The number of nitrogens with zero attached hydrogens (tertiary/aromatic N) is 3. The van der Waals surface area contributed by atoms with E-state index in [2.05, 4.69) is 30.8 Å². The lowest BCUT2D eigenvalue weighted by Crippen LogP contribution is -2.33.